The third-order valence-electron chi connectivity index (χ3n) is 3.56. The Labute approximate surface area is 124 Å². The van der Waals surface area contributed by atoms with Gasteiger partial charge in [0.2, 0.25) is 0 Å². The zero-order valence-electron chi connectivity index (χ0n) is 12.6. The molecule has 5 nitrogen and oxygen atoms in total. The van der Waals surface area contributed by atoms with Gasteiger partial charge in [-0.2, -0.15) is 0 Å². The Morgan fingerprint density at radius 3 is 2.76 bits per heavy atom. The first-order valence-electron chi connectivity index (χ1n) is 7.41. The van der Waals surface area contributed by atoms with Crippen molar-refractivity contribution < 1.29 is 4.92 Å². The summed E-state index contributed by atoms with van der Waals surface area (Å²) >= 11 is 0. The highest BCUT2D eigenvalue weighted by Gasteiger charge is 2.14. The van der Waals surface area contributed by atoms with Gasteiger partial charge in [0, 0.05) is 35.6 Å². The summed E-state index contributed by atoms with van der Waals surface area (Å²) in [6.07, 6.45) is 6.35. The van der Waals surface area contributed by atoms with E-state index in [1.807, 2.05) is 13.0 Å². The maximum Gasteiger partial charge on any atom is 0.278 e. The standard InChI is InChI=1S/C16H21N3O2/c1-3-4-5-6-9-17-15-7-8-16(19(20)21)14-11-18-12(2)10-13(14)15/h7-8,10-11,17H,3-6,9H2,1-2H3. The van der Waals surface area contributed by atoms with Gasteiger partial charge in [0.15, 0.2) is 0 Å². The summed E-state index contributed by atoms with van der Waals surface area (Å²) in [5, 5.41) is 15.9. The van der Waals surface area contributed by atoms with E-state index in [4.69, 9.17) is 0 Å². The number of rotatable bonds is 7. The molecule has 0 amide bonds. The quantitative estimate of drug-likeness (QED) is 0.464. The molecule has 0 aliphatic carbocycles. The van der Waals surface area contributed by atoms with Crippen molar-refractivity contribution in [1.82, 2.24) is 4.98 Å². The van der Waals surface area contributed by atoms with Crippen LogP contribution in [0.25, 0.3) is 10.8 Å². The maximum atomic E-state index is 11.1. The van der Waals surface area contributed by atoms with Crippen molar-refractivity contribution in [2.75, 3.05) is 11.9 Å². The third-order valence-corrected chi connectivity index (χ3v) is 3.56. The summed E-state index contributed by atoms with van der Waals surface area (Å²) in [6.45, 7) is 4.96. The van der Waals surface area contributed by atoms with Crippen molar-refractivity contribution in [3.8, 4) is 0 Å². The minimum absolute atomic E-state index is 0.106. The number of nitro groups is 1. The number of nitrogens with zero attached hydrogens (tertiary/aromatic N) is 2. The van der Waals surface area contributed by atoms with Crippen LogP contribution in [0.15, 0.2) is 24.4 Å². The SMILES string of the molecule is CCCCCCNc1ccc([N+](=O)[O-])c2cnc(C)cc12. The van der Waals surface area contributed by atoms with E-state index in [1.165, 1.54) is 19.3 Å². The Bertz CT molecular complexity index is 641. The Kier molecular flexibility index (Phi) is 5.09. The Balaban J connectivity index is 2.25. The second-order valence-electron chi connectivity index (χ2n) is 5.25. The van der Waals surface area contributed by atoms with Crippen molar-refractivity contribution in [2.24, 2.45) is 0 Å². The molecular weight excluding hydrogens is 266 g/mol. The molecule has 0 saturated heterocycles. The number of anilines is 1. The summed E-state index contributed by atoms with van der Waals surface area (Å²) in [5.41, 5.74) is 1.91. The number of pyridine rings is 1. The van der Waals surface area contributed by atoms with Crippen LogP contribution in [0.4, 0.5) is 11.4 Å². The molecule has 1 heterocycles. The molecule has 0 aliphatic heterocycles. The summed E-state index contributed by atoms with van der Waals surface area (Å²) < 4.78 is 0. The van der Waals surface area contributed by atoms with Crippen LogP contribution in [0, 0.1) is 17.0 Å². The van der Waals surface area contributed by atoms with Gasteiger partial charge >= 0.3 is 0 Å². The normalized spacial score (nSPS) is 10.8. The van der Waals surface area contributed by atoms with E-state index in [0.29, 0.717) is 5.39 Å². The van der Waals surface area contributed by atoms with Crippen LogP contribution < -0.4 is 5.32 Å². The van der Waals surface area contributed by atoms with E-state index < -0.39 is 0 Å². The number of nitrogens with one attached hydrogen (secondary N) is 1. The first-order chi connectivity index (χ1) is 10.1. The van der Waals surface area contributed by atoms with Gasteiger partial charge in [-0.05, 0) is 25.5 Å². The summed E-state index contributed by atoms with van der Waals surface area (Å²) in [6, 6.07) is 5.24. The van der Waals surface area contributed by atoms with Gasteiger partial charge in [0.05, 0.1) is 10.3 Å². The van der Waals surface area contributed by atoms with Gasteiger partial charge in [-0.1, -0.05) is 26.2 Å². The van der Waals surface area contributed by atoms with E-state index in [2.05, 4.69) is 17.2 Å². The van der Waals surface area contributed by atoms with Crippen LogP contribution in [0.2, 0.25) is 0 Å². The van der Waals surface area contributed by atoms with Crippen molar-refractivity contribution in [2.45, 2.75) is 39.5 Å². The fraction of sp³-hybridized carbons (Fsp3) is 0.438. The lowest BCUT2D eigenvalue weighted by Crippen LogP contribution is -2.03. The summed E-state index contributed by atoms with van der Waals surface area (Å²) in [5.74, 6) is 0. The summed E-state index contributed by atoms with van der Waals surface area (Å²) in [7, 11) is 0. The number of fused-ring (bicyclic) bond motifs is 1. The van der Waals surface area contributed by atoms with E-state index in [1.54, 1.807) is 18.3 Å². The lowest BCUT2D eigenvalue weighted by atomic mass is 10.1. The first kappa shape index (κ1) is 15.2. The highest BCUT2D eigenvalue weighted by Crippen LogP contribution is 2.31. The lowest BCUT2D eigenvalue weighted by Gasteiger charge is -2.10. The number of hydrogen-bond donors (Lipinski definition) is 1. The molecule has 5 heteroatoms. The molecule has 0 fully saturated rings. The van der Waals surface area contributed by atoms with Crippen molar-refractivity contribution in [3.63, 3.8) is 0 Å². The minimum atomic E-state index is -0.357. The van der Waals surface area contributed by atoms with Gasteiger partial charge in [-0.15, -0.1) is 0 Å². The van der Waals surface area contributed by atoms with E-state index >= 15 is 0 Å². The Hall–Kier alpha value is -2.17. The number of benzene rings is 1. The van der Waals surface area contributed by atoms with Crippen molar-refractivity contribution >= 4 is 22.1 Å². The molecule has 1 aromatic heterocycles. The molecule has 1 N–H and O–H groups in total. The zero-order valence-corrected chi connectivity index (χ0v) is 12.6. The molecular formula is C16H21N3O2. The second-order valence-corrected chi connectivity index (χ2v) is 5.25. The predicted octanol–water partition coefficient (Wildman–Crippen LogP) is 4.44. The molecule has 112 valence electrons. The molecule has 2 aromatic rings. The molecule has 0 saturated carbocycles. The van der Waals surface area contributed by atoms with Crippen LogP contribution in [0.3, 0.4) is 0 Å². The van der Waals surface area contributed by atoms with Gasteiger partial charge in [0.1, 0.15) is 0 Å². The van der Waals surface area contributed by atoms with Gasteiger partial charge in [0.25, 0.3) is 5.69 Å². The third kappa shape index (κ3) is 3.68. The highest BCUT2D eigenvalue weighted by atomic mass is 16.6. The smallest absolute Gasteiger partial charge is 0.278 e. The molecule has 1 aromatic carbocycles. The van der Waals surface area contributed by atoms with Crippen LogP contribution in [-0.2, 0) is 0 Å². The summed E-state index contributed by atoms with van der Waals surface area (Å²) in [4.78, 5) is 14.9. The van der Waals surface area contributed by atoms with E-state index in [9.17, 15) is 10.1 Å². The molecule has 21 heavy (non-hydrogen) atoms. The van der Waals surface area contributed by atoms with Gasteiger partial charge < -0.3 is 5.32 Å². The average molecular weight is 287 g/mol. The number of hydrogen-bond acceptors (Lipinski definition) is 4. The number of unbranched alkanes of at least 4 members (excludes halogenated alkanes) is 3. The zero-order chi connectivity index (χ0) is 15.2. The molecule has 0 aliphatic rings. The number of aromatic nitrogens is 1. The number of aryl methyl sites for hydroxylation is 1. The average Bonchev–Trinajstić information content (AvgIpc) is 2.46. The topological polar surface area (TPSA) is 68.1 Å². The number of non-ortho nitro benzene ring substituents is 1. The van der Waals surface area contributed by atoms with E-state index in [0.717, 1.165) is 29.7 Å². The Morgan fingerprint density at radius 2 is 2.05 bits per heavy atom. The second kappa shape index (κ2) is 7.02. The lowest BCUT2D eigenvalue weighted by molar-refractivity contribution is -0.383. The van der Waals surface area contributed by atoms with Crippen LogP contribution >= 0.6 is 0 Å². The molecule has 0 radical (unpaired) electrons. The molecule has 0 bridgehead atoms. The van der Waals surface area contributed by atoms with Crippen molar-refractivity contribution in [3.05, 3.63) is 40.2 Å². The largest absolute Gasteiger partial charge is 0.385 e. The molecule has 0 spiro atoms. The van der Waals surface area contributed by atoms with Crippen molar-refractivity contribution in [1.29, 1.82) is 0 Å². The molecule has 2 rings (SSSR count). The van der Waals surface area contributed by atoms with Crippen LogP contribution in [0.1, 0.15) is 38.3 Å². The molecule has 0 unspecified atom stereocenters. The highest BCUT2D eigenvalue weighted by molar-refractivity contribution is 5.99. The van der Waals surface area contributed by atoms with Gasteiger partial charge in [-0.25, -0.2) is 0 Å². The fourth-order valence-electron chi connectivity index (χ4n) is 2.42. The fourth-order valence-corrected chi connectivity index (χ4v) is 2.42. The van der Waals surface area contributed by atoms with Crippen LogP contribution in [-0.4, -0.2) is 16.5 Å². The first-order valence-corrected chi connectivity index (χ1v) is 7.41. The molecule has 0 atom stereocenters. The monoisotopic (exact) mass is 287 g/mol. The number of nitro benzene ring substituents is 1. The minimum Gasteiger partial charge on any atom is -0.385 e. The predicted molar refractivity (Wildman–Crippen MR) is 85.8 cm³/mol. The van der Waals surface area contributed by atoms with Crippen LogP contribution in [0.5, 0.6) is 0 Å². The van der Waals surface area contributed by atoms with Gasteiger partial charge in [-0.3, -0.25) is 15.1 Å². The maximum absolute atomic E-state index is 11.1. The van der Waals surface area contributed by atoms with E-state index in [-0.39, 0.29) is 10.6 Å². The Morgan fingerprint density at radius 1 is 1.24 bits per heavy atom.